The molecule has 0 bridgehead atoms. The number of ether oxygens (including phenoxy) is 1. The van der Waals surface area contributed by atoms with Crippen molar-refractivity contribution in [2.75, 3.05) is 38.3 Å². The molecule has 0 amide bonds. The highest BCUT2D eigenvalue weighted by atomic mass is 35.5. The van der Waals surface area contributed by atoms with Crippen molar-refractivity contribution in [1.82, 2.24) is 5.32 Å². The molecule has 1 saturated heterocycles. The zero-order chi connectivity index (χ0) is 15.1. The summed E-state index contributed by atoms with van der Waals surface area (Å²) in [6, 6.07) is 6.40. The third-order valence-electron chi connectivity index (χ3n) is 4.05. The maximum Gasteiger partial charge on any atom is 0.0642 e. The smallest absolute Gasteiger partial charge is 0.0642 e. The molecule has 1 aliphatic heterocycles. The lowest BCUT2D eigenvalue weighted by Crippen LogP contribution is -2.29. The van der Waals surface area contributed by atoms with Gasteiger partial charge in [0.1, 0.15) is 0 Å². The average Bonchev–Trinajstić information content (AvgIpc) is 2.48. The van der Waals surface area contributed by atoms with Crippen LogP contribution in [0.2, 0.25) is 5.02 Å². The van der Waals surface area contributed by atoms with Gasteiger partial charge in [0.25, 0.3) is 0 Å². The van der Waals surface area contributed by atoms with E-state index in [2.05, 4.69) is 42.4 Å². The van der Waals surface area contributed by atoms with Crippen LogP contribution in [0.1, 0.15) is 31.7 Å². The summed E-state index contributed by atoms with van der Waals surface area (Å²) in [4.78, 5) is 2.28. The first-order valence-corrected chi connectivity index (χ1v) is 8.36. The van der Waals surface area contributed by atoms with E-state index in [0.29, 0.717) is 5.92 Å². The monoisotopic (exact) mass is 310 g/mol. The van der Waals surface area contributed by atoms with E-state index in [1.807, 2.05) is 0 Å². The third kappa shape index (κ3) is 5.17. The fraction of sp³-hybridized carbons (Fsp3) is 0.647. The molecule has 0 spiro atoms. The normalized spacial score (nSPS) is 16.1. The van der Waals surface area contributed by atoms with Crippen LogP contribution >= 0.6 is 11.6 Å². The molecular weight excluding hydrogens is 284 g/mol. The first-order valence-electron chi connectivity index (χ1n) is 7.98. The van der Waals surface area contributed by atoms with Crippen molar-refractivity contribution in [3.8, 4) is 0 Å². The van der Waals surface area contributed by atoms with Crippen LogP contribution in [-0.4, -0.2) is 33.4 Å². The van der Waals surface area contributed by atoms with E-state index in [1.165, 1.54) is 5.56 Å². The number of rotatable bonds is 7. The van der Waals surface area contributed by atoms with Crippen molar-refractivity contribution in [3.05, 3.63) is 28.8 Å². The minimum atomic E-state index is 0.714. The van der Waals surface area contributed by atoms with E-state index in [9.17, 15) is 0 Å². The molecule has 1 fully saturated rings. The van der Waals surface area contributed by atoms with Gasteiger partial charge in [0, 0.05) is 33.4 Å². The highest BCUT2D eigenvalue weighted by Gasteiger charge is 2.17. The summed E-state index contributed by atoms with van der Waals surface area (Å²) in [5.74, 6) is 0.714. The Balaban J connectivity index is 1.92. The number of hydrogen-bond acceptors (Lipinski definition) is 3. The van der Waals surface area contributed by atoms with E-state index in [-0.39, 0.29) is 0 Å². The first-order chi connectivity index (χ1) is 10.2. The fourth-order valence-corrected chi connectivity index (χ4v) is 3.14. The van der Waals surface area contributed by atoms with Crippen LogP contribution in [0.3, 0.4) is 0 Å². The maximum absolute atomic E-state index is 6.46. The van der Waals surface area contributed by atoms with Gasteiger partial charge in [0.15, 0.2) is 0 Å². The largest absolute Gasteiger partial charge is 0.381 e. The maximum atomic E-state index is 6.46. The fourth-order valence-electron chi connectivity index (χ4n) is 2.79. The molecule has 0 saturated carbocycles. The standard InChI is InChI=1S/C17H27ClN2O/c1-3-8-19-12-15-4-5-17(16(18)11-15)20(2)13-14-6-9-21-10-7-14/h4-5,11,14,19H,3,6-10,12-13H2,1-2H3. The quantitative estimate of drug-likeness (QED) is 0.777. The molecule has 0 atom stereocenters. The molecule has 21 heavy (non-hydrogen) atoms. The second-order valence-electron chi connectivity index (χ2n) is 5.90. The molecule has 0 aromatic heterocycles. The lowest BCUT2D eigenvalue weighted by molar-refractivity contribution is 0.0685. The van der Waals surface area contributed by atoms with E-state index in [1.54, 1.807) is 0 Å². The van der Waals surface area contributed by atoms with Crippen molar-refractivity contribution in [1.29, 1.82) is 0 Å². The van der Waals surface area contributed by atoms with Gasteiger partial charge < -0.3 is 15.0 Å². The van der Waals surface area contributed by atoms with Crippen LogP contribution in [-0.2, 0) is 11.3 Å². The zero-order valence-corrected chi connectivity index (χ0v) is 14.0. The summed E-state index contributed by atoms with van der Waals surface area (Å²) in [6.07, 6.45) is 3.46. The highest BCUT2D eigenvalue weighted by Crippen LogP contribution is 2.28. The molecular formula is C17H27ClN2O. The Morgan fingerprint density at radius 1 is 1.33 bits per heavy atom. The Hall–Kier alpha value is -0.770. The summed E-state index contributed by atoms with van der Waals surface area (Å²) in [6.45, 7) is 6.95. The molecule has 0 unspecified atom stereocenters. The van der Waals surface area contributed by atoms with Crippen LogP contribution < -0.4 is 10.2 Å². The van der Waals surface area contributed by atoms with Crippen LogP contribution in [0.4, 0.5) is 5.69 Å². The van der Waals surface area contributed by atoms with Gasteiger partial charge in [-0.1, -0.05) is 24.6 Å². The number of halogens is 1. The molecule has 1 aromatic carbocycles. The van der Waals surface area contributed by atoms with Crippen LogP contribution in [0.25, 0.3) is 0 Å². The Bertz CT molecular complexity index is 433. The predicted octanol–water partition coefficient (Wildman–Crippen LogP) is 3.70. The van der Waals surface area contributed by atoms with Gasteiger partial charge in [-0.3, -0.25) is 0 Å². The van der Waals surface area contributed by atoms with Gasteiger partial charge in [0.05, 0.1) is 10.7 Å². The average molecular weight is 311 g/mol. The highest BCUT2D eigenvalue weighted by molar-refractivity contribution is 6.33. The summed E-state index contributed by atoms with van der Waals surface area (Å²) >= 11 is 6.46. The zero-order valence-electron chi connectivity index (χ0n) is 13.2. The van der Waals surface area contributed by atoms with Crippen molar-refractivity contribution in [3.63, 3.8) is 0 Å². The molecule has 3 nitrogen and oxygen atoms in total. The number of nitrogens with zero attached hydrogens (tertiary/aromatic N) is 1. The SMILES string of the molecule is CCCNCc1ccc(N(C)CC2CCOCC2)c(Cl)c1. The minimum Gasteiger partial charge on any atom is -0.381 e. The van der Waals surface area contributed by atoms with Crippen molar-refractivity contribution < 1.29 is 4.74 Å². The van der Waals surface area contributed by atoms with E-state index in [4.69, 9.17) is 16.3 Å². The topological polar surface area (TPSA) is 24.5 Å². The molecule has 0 radical (unpaired) electrons. The molecule has 0 aliphatic carbocycles. The number of hydrogen-bond donors (Lipinski definition) is 1. The summed E-state index contributed by atoms with van der Waals surface area (Å²) < 4.78 is 5.42. The second kappa shape index (κ2) is 8.62. The molecule has 2 rings (SSSR count). The van der Waals surface area contributed by atoms with Gasteiger partial charge >= 0.3 is 0 Å². The Morgan fingerprint density at radius 3 is 2.76 bits per heavy atom. The Morgan fingerprint density at radius 2 is 2.10 bits per heavy atom. The van der Waals surface area contributed by atoms with Crippen molar-refractivity contribution >= 4 is 17.3 Å². The molecule has 1 aromatic rings. The predicted molar refractivity (Wildman–Crippen MR) is 90.3 cm³/mol. The summed E-state index contributed by atoms with van der Waals surface area (Å²) in [5.41, 5.74) is 2.37. The first kappa shape index (κ1) is 16.6. The van der Waals surface area contributed by atoms with Crippen LogP contribution in [0.5, 0.6) is 0 Å². The molecule has 1 heterocycles. The molecule has 1 N–H and O–H groups in total. The molecule has 4 heteroatoms. The van der Waals surface area contributed by atoms with E-state index >= 15 is 0 Å². The van der Waals surface area contributed by atoms with Crippen molar-refractivity contribution in [2.24, 2.45) is 5.92 Å². The lowest BCUT2D eigenvalue weighted by Gasteiger charge is -2.29. The van der Waals surface area contributed by atoms with Gasteiger partial charge in [0.2, 0.25) is 0 Å². The summed E-state index contributed by atoms with van der Waals surface area (Å²) in [5, 5.41) is 4.25. The van der Waals surface area contributed by atoms with Gasteiger partial charge in [-0.05, 0) is 49.4 Å². The minimum absolute atomic E-state index is 0.714. The molecule has 118 valence electrons. The third-order valence-corrected chi connectivity index (χ3v) is 4.35. The summed E-state index contributed by atoms with van der Waals surface area (Å²) in [7, 11) is 2.13. The van der Waals surface area contributed by atoms with Crippen LogP contribution in [0.15, 0.2) is 18.2 Å². The van der Waals surface area contributed by atoms with Gasteiger partial charge in [-0.25, -0.2) is 0 Å². The Kier molecular flexibility index (Phi) is 6.81. The van der Waals surface area contributed by atoms with Gasteiger partial charge in [-0.15, -0.1) is 0 Å². The van der Waals surface area contributed by atoms with E-state index < -0.39 is 0 Å². The van der Waals surface area contributed by atoms with Crippen molar-refractivity contribution in [2.45, 2.75) is 32.7 Å². The molecule has 1 aliphatic rings. The number of nitrogens with one attached hydrogen (secondary N) is 1. The van der Waals surface area contributed by atoms with Crippen LogP contribution in [0, 0.1) is 5.92 Å². The Labute approximate surface area is 133 Å². The lowest BCUT2D eigenvalue weighted by atomic mass is 9.99. The second-order valence-corrected chi connectivity index (χ2v) is 6.31. The van der Waals surface area contributed by atoms with E-state index in [0.717, 1.165) is 62.8 Å². The number of anilines is 1. The number of benzene rings is 1. The van der Waals surface area contributed by atoms with Gasteiger partial charge in [-0.2, -0.15) is 0 Å².